The number of carbonyl (C=O) groups is 1. The number of hydrogen-bond donors (Lipinski definition) is 2. The third kappa shape index (κ3) is 4.88. The standard InChI is InChI=1S/C12H18N2O4S/c1-9(15)14-7-3-4-10-5-6-11(18-2)12(8-10)19(13,16)17/h5-6,8H,3-4,7H2,1-2H3,(H,14,15)(H2,13,16,17). The van der Waals surface area contributed by atoms with Gasteiger partial charge in [-0.25, -0.2) is 13.6 Å². The quantitative estimate of drug-likeness (QED) is 0.740. The van der Waals surface area contributed by atoms with Crippen LogP contribution < -0.4 is 15.2 Å². The molecule has 0 aromatic heterocycles. The molecule has 0 atom stereocenters. The molecule has 3 N–H and O–H groups in total. The van der Waals surface area contributed by atoms with Crippen LogP contribution >= 0.6 is 0 Å². The maximum Gasteiger partial charge on any atom is 0.241 e. The average molecular weight is 286 g/mol. The molecule has 106 valence electrons. The lowest BCUT2D eigenvalue weighted by Gasteiger charge is -2.09. The van der Waals surface area contributed by atoms with Crippen LogP contribution in [0.25, 0.3) is 0 Å². The predicted molar refractivity (Wildman–Crippen MR) is 71.4 cm³/mol. The predicted octanol–water partition coefficient (Wildman–Crippen LogP) is 0.411. The zero-order valence-electron chi connectivity index (χ0n) is 11.0. The molecule has 7 heteroatoms. The molecule has 0 radical (unpaired) electrons. The second-order valence-corrected chi connectivity index (χ2v) is 5.65. The Hall–Kier alpha value is -1.60. The van der Waals surface area contributed by atoms with Crippen LogP contribution in [0.5, 0.6) is 5.75 Å². The van der Waals surface area contributed by atoms with E-state index >= 15 is 0 Å². The normalized spacial score (nSPS) is 11.1. The van der Waals surface area contributed by atoms with Crippen molar-refractivity contribution in [3.05, 3.63) is 23.8 Å². The van der Waals surface area contributed by atoms with Gasteiger partial charge in [0, 0.05) is 13.5 Å². The summed E-state index contributed by atoms with van der Waals surface area (Å²) in [5, 5.41) is 7.81. The summed E-state index contributed by atoms with van der Waals surface area (Å²) in [6, 6.07) is 4.86. The van der Waals surface area contributed by atoms with Crippen LogP contribution in [0.15, 0.2) is 23.1 Å². The van der Waals surface area contributed by atoms with Crippen molar-refractivity contribution in [1.82, 2.24) is 5.32 Å². The zero-order chi connectivity index (χ0) is 14.5. The van der Waals surface area contributed by atoms with Crippen LogP contribution in [0.1, 0.15) is 18.9 Å². The van der Waals surface area contributed by atoms with Crippen LogP contribution in [0.3, 0.4) is 0 Å². The number of methoxy groups -OCH3 is 1. The number of benzene rings is 1. The van der Waals surface area contributed by atoms with E-state index in [1.807, 2.05) is 0 Å². The number of sulfonamides is 1. The maximum atomic E-state index is 11.4. The first-order chi connectivity index (χ1) is 8.84. The Morgan fingerprint density at radius 1 is 1.42 bits per heavy atom. The third-order valence-electron chi connectivity index (χ3n) is 2.55. The molecule has 0 heterocycles. The van der Waals surface area contributed by atoms with Crippen molar-refractivity contribution in [2.24, 2.45) is 5.14 Å². The third-order valence-corrected chi connectivity index (χ3v) is 3.48. The topological polar surface area (TPSA) is 98.5 Å². The van der Waals surface area contributed by atoms with Crippen LogP contribution in [-0.4, -0.2) is 28.0 Å². The number of nitrogens with two attached hydrogens (primary N) is 1. The number of hydrogen-bond acceptors (Lipinski definition) is 4. The van der Waals surface area contributed by atoms with Gasteiger partial charge in [-0.1, -0.05) is 6.07 Å². The van der Waals surface area contributed by atoms with Gasteiger partial charge in [-0.05, 0) is 30.5 Å². The number of rotatable bonds is 6. The minimum atomic E-state index is -3.81. The highest BCUT2D eigenvalue weighted by Gasteiger charge is 2.15. The summed E-state index contributed by atoms with van der Waals surface area (Å²) < 4.78 is 27.8. The van der Waals surface area contributed by atoms with Crippen LogP contribution in [-0.2, 0) is 21.2 Å². The molecular weight excluding hydrogens is 268 g/mol. The monoisotopic (exact) mass is 286 g/mol. The Kier molecular flexibility index (Phi) is 5.31. The summed E-state index contributed by atoms with van der Waals surface area (Å²) in [7, 11) is -2.42. The average Bonchev–Trinajstić information content (AvgIpc) is 2.33. The Balaban J connectivity index is 2.79. The lowest BCUT2D eigenvalue weighted by Crippen LogP contribution is -2.21. The number of carbonyl (C=O) groups excluding carboxylic acids is 1. The van der Waals surface area contributed by atoms with Crippen LogP contribution in [0.4, 0.5) is 0 Å². The van der Waals surface area contributed by atoms with Gasteiger partial charge in [0.25, 0.3) is 0 Å². The van der Waals surface area contributed by atoms with Gasteiger partial charge in [-0.15, -0.1) is 0 Å². The van der Waals surface area contributed by atoms with Gasteiger partial charge in [0.15, 0.2) is 0 Å². The summed E-state index contributed by atoms with van der Waals surface area (Å²) in [6.07, 6.45) is 1.36. The van der Waals surface area contributed by atoms with Gasteiger partial charge in [-0.2, -0.15) is 0 Å². The van der Waals surface area contributed by atoms with E-state index in [-0.39, 0.29) is 16.6 Å². The van der Waals surface area contributed by atoms with Crippen molar-refractivity contribution < 1.29 is 17.9 Å². The van der Waals surface area contributed by atoms with E-state index in [2.05, 4.69) is 5.32 Å². The summed E-state index contributed by atoms with van der Waals surface area (Å²) in [4.78, 5) is 10.7. The minimum Gasteiger partial charge on any atom is -0.495 e. The summed E-state index contributed by atoms with van der Waals surface area (Å²) in [5.74, 6) is 0.146. The lowest BCUT2D eigenvalue weighted by molar-refractivity contribution is -0.118. The van der Waals surface area contributed by atoms with Crippen molar-refractivity contribution >= 4 is 15.9 Å². The van der Waals surface area contributed by atoms with E-state index in [0.717, 1.165) is 12.0 Å². The molecule has 1 aromatic rings. The lowest BCUT2D eigenvalue weighted by atomic mass is 10.1. The molecule has 1 amide bonds. The van der Waals surface area contributed by atoms with E-state index in [4.69, 9.17) is 9.88 Å². The first-order valence-electron chi connectivity index (χ1n) is 5.78. The summed E-state index contributed by atoms with van der Waals surface area (Å²) in [5.41, 5.74) is 0.829. The van der Waals surface area contributed by atoms with E-state index in [1.165, 1.54) is 20.1 Å². The summed E-state index contributed by atoms with van der Waals surface area (Å²) >= 11 is 0. The number of primary sulfonamides is 1. The Morgan fingerprint density at radius 3 is 2.63 bits per heavy atom. The molecule has 0 bridgehead atoms. The molecule has 0 saturated heterocycles. The summed E-state index contributed by atoms with van der Waals surface area (Å²) in [6.45, 7) is 2.00. The van der Waals surface area contributed by atoms with Crippen molar-refractivity contribution in [1.29, 1.82) is 0 Å². The second kappa shape index (κ2) is 6.53. The van der Waals surface area contributed by atoms with Crippen molar-refractivity contribution in [3.8, 4) is 5.75 Å². The Labute approximate surface area is 113 Å². The van der Waals surface area contributed by atoms with E-state index in [0.29, 0.717) is 13.0 Å². The Bertz CT molecular complexity index is 555. The van der Waals surface area contributed by atoms with Gasteiger partial charge in [0.05, 0.1) is 7.11 Å². The van der Waals surface area contributed by atoms with Gasteiger partial charge in [0.2, 0.25) is 15.9 Å². The number of aryl methyl sites for hydroxylation is 1. The molecule has 1 rings (SSSR count). The van der Waals surface area contributed by atoms with Gasteiger partial charge >= 0.3 is 0 Å². The number of ether oxygens (including phenoxy) is 1. The first kappa shape index (κ1) is 15.5. The molecule has 0 aliphatic carbocycles. The maximum absolute atomic E-state index is 11.4. The highest BCUT2D eigenvalue weighted by molar-refractivity contribution is 7.89. The molecule has 0 aliphatic heterocycles. The minimum absolute atomic E-state index is 0.0213. The number of amides is 1. The van der Waals surface area contributed by atoms with Gasteiger partial charge in [0.1, 0.15) is 10.6 Å². The molecule has 0 unspecified atom stereocenters. The second-order valence-electron chi connectivity index (χ2n) is 4.12. The number of nitrogens with one attached hydrogen (secondary N) is 1. The molecule has 0 fully saturated rings. The van der Waals surface area contributed by atoms with E-state index < -0.39 is 10.0 Å². The molecule has 0 saturated carbocycles. The van der Waals surface area contributed by atoms with Crippen molar-refractivity contribution in [2.45, 2.75) is 24.7 Å². The SMILES string of the molecule is COc1ccc(CCCNC(C)=O)cc1S(N)(=O)=O. The van der Waals surface area contributed by atoms with E-state index in [1.54, 1.807) is 12.1 Å². The van der Waals surface area contributed by atoms with Crippen LogP contribution in [0, 0.1) is 0 Å². The largest absolute Gasteiger partial charge is 0.495 e. The molecule has 0 aliphatic rings. The van der Waals surface area contributed by atoms with Crippen molar-refractivity contribution in [2.75, 3.05) is 13.7 Å². The first-order valence-corrected chi connectivity index (χ1v) is 7.33. The molecule has 19 heavy (non-hydrogen) atoms. The fraction of sp³-hybridized carbons (Fsp3) is 0.417. The highest BCUT2D eigenvalue weighted by Crippen LogP contribution is 2.24. The highest BCUT2D eigenvalue weighted by atomic mass is 32.2. The fourth-order valence-corrected chi connectivity index (χ4v) is 2.40. The zero-order valence-corrected chi connectivity index (χ0v) is 11.8. The smallest absolute Gasteiger partial charge is 0.241 e. The Morgan fingerprint density at radius 2 is 2.11 bits per heavy atom. The van der Waals surface area contributed by atoms with Gasteiger partial charge < -0.3 is 10.1 Å². The molecule has 1 aromatic carbocycles. The van der Waals surface area contributed by atoms with Crippen LogP contribution in [0.2, 0.25) is 0 Å². The van der Waals surface area contributed by atoms with E-state index in [9.17, 15) is 13.2 Å². The van der Waals surface area contributed by atoms with Crippen molar-refractivity contribution in [3.63, 3.8) is 0 Å². The molecular formula is C12H18N2O4S. The fourth-order valence-electron chi connectivity index (χ4n) is 1.66. The molecule has 0 spiro atoms. The van der Waals surface area contributed by atoms with Gasteiger partial charge in [-0.3, -0.25) is 4.79 Å². The molecule has 6 nitrogen and oxygen atoms in total.